The SMILES string of the molecule is Cc1nn(C)c(C(=O)N[C@H]2CCCC[C@H]2C)c1Cl. The van der Waals surface area contributed by atoms with Crippen molar-refractivity contribution in [2.75, 3.05) is 0 Å². The third-order valence-electron chi connectivity index (χ3n) is 3.79. The van der Waals surface area contributed by atoms with Gasteiger partial charge in [0.1, 0.15) is 5.69 Å². The van der Waals surface area contributed by atoms with Crippen molar-refractivity contribution < 1.29 is 4.79 Å². The zero-order valence-electron chi connectivity index (χ0n) is 11.2. The first-order valence-corrected chi connectivity index (χ1v) is 6.88. The minimum absolute atomic E-state index is 0.109. The average molecular weight is 270 g/mol. The summed E-state index contributed by atoms with van der Waals surface area (Å²) in [7, 11) is 1.75. The van der Waals surface area contributed by atoms with E-state index in [0.29, 0.717) is 22.3 Å². The quantitative estimate of drug-likeness (QED) is 0.897. The summed E-state index contributed by atoms with van der Waals surface area (Å²) in [6, 6.07) is 0.262. The van der Waals surface area contributed by atoms with Crippen LogP contribution in [0.5, 0.6) is 0 Å². The van der Waals surface area contributed by atoms with Crippen molar-refractivity contribution in [3.05, 3.63) is 16.4 Å². The molecular weight excluding hydrogens is 250 g/mol. The Bertz CT molecular complexity index is 455. The molecule has 0 saturated heterocycles. The number of rotatable bonds is 2. The number of carbonyl (C=O) groups is 1. The third-order valence-corrected chi connectivity index (χ3v) is 4.24. The fraction of sp³-hybridized carbons (Fsp3) is 0.692. The van der Waals surface area contributed by atoms with Crippen molar-refractivity contribution >= 4 is 17.5 Å². The first kappa shape index (κ1) is 13.4. The summed E-state index contributed by atoms with van der Waals surface area (Å²) in [5.74, 6) is 0.428. The molecular formula is C13H20ClN3O. The van der Waals surface area contributed by atoms with Gasteiger partial charge in [0.15, 0.2) is 0 Å². The minimum Gasteiger partial charge on any atom is -0.348 e. The van der Waals surface area contributed by atoms with E-state index >= 15 is 0 Å². The van der Waals surface area contributed by atoms with Crippen molar-refractivity contribution in [3.63, 3.8) is 0 Å². The van der Waals surface area contributed by atoms with Gasteiger partial charge in [-0.1, -0.05) is 31.4 Å². The molecule has 1 heterocycles. The van der Waals surface area contributed by atoms with Crippen LogP contribution in [-0.2, 0) is 7.05 Å². The number of carbonyl (C=O) groups excluding carboxylic acids is 1. The van der Waals surface area contributed by atoms with Crippen LogP contribution in [0.15, 0.2) is 0 Å². The smallest absolute Gasteiger partial charge is 0.271 e. The number of hydrogen-bond acceptors (Lipinski definition) is 2. The van der Waals surface area contributed by atoms with Gasteiger partial charge < -0.3 is 5.32 Å². The summed E-state index contributed by atoms with van der Waals surface area (Å²) in [5, 5.41) is 7.72. The van der Waals surface area contributed by atoms with E-state index in [4.69, 9.17) is 11.6 Å². The Morgan fingerprint density at radius 3 is 2.67 bits per heavy atom. The van der Waals surface area contributed by atoms with Crippen LogP contribution in [-0.4, -0.2) is 21.7 Å². The average Bonchev–Trinajstić information content (AvgIpc) is 2.56. The largest absolute Gasteiger partial charge is 0.348 e. The maximum atomic E-state index is 12.3. The van der Waals surface area contributed by atoms with E-state index in [0.717, 1.165) is 6.42 Å². The molecule has 0 aliphatic heterocycles. The van der Waals surface area contributed by atoms with E-state index in [2.05, 4.69) is 17.3 Å². The number of nitrogens with one attached hydrogen (secondary N) is 1. The standard InChI is InChI=1S/C13H20ClN3O/c1-8-6-4-5-7-10(8)15-13(18)12-11(14)9(2)16-17(12)3/h8,10H,4-7H2,1-3H3,(H,15,18)/t8-,10+/m1/s1. The third kappa shape index (κ3) is 2.53. The lowest BCUT2D eigenvalue weighted by molar-refractivity contribution is 0.0901. The minimum atomic E-state index is -0.109. The Kier molecular flexibility index (Phi) is 3.95. The van der Waals surface area contributed by atoms with E-state index in [1.807, 2.05) is 6.92 Å². The van der Waals surface area contributed by atoms with Crippen LogP contribution in [0.2, 0.25) is 5.02 Å². The summed E-state index contributed by atoms with van der Waals surface area (Å²) in [6.07, 6.45) is 4.69. The molecule has 1 aliphatic rings. The Labute approximate surface area is 113 Å². The summed E-state index contributed by atoms with van der Waals surface area (Å²) in [6.45, 7) is 4.00. The fourth-order valence-electron chi connectivity index (χ4n) is 2.65. The Hall–Kier alpha value is -1.03. The number of halogens is 1. The van der Waals surface area contributed by atoms with Gasteiger partial charge in [0.25, 0.3) is 5.91 Å². The zero-order valence-corrected chi connectivity index (χ0v) is 11.9. The Morgan fingerprint density at radius 2 is 2.11 bits per heavy atom. The predicted octanol–water partition coefficient (Wildman–Crippen LogP) is 2.69. The topological polar surface area (TPSA) is 46.9 Å². The lowest BCUT2D eigenvalue weighted by Gasteiger charge is -2.29. The normalized spacial score (nSPS) is 24.0. The molecule has 1 amide bonds. The van der Waals surface area contributed by atoms with E-state index in [1.165, 1.54) is 19.3 Å². The van der Waals surface area contributed by atoms with Crippen LogP contribution < -0.4 is 5.32 Å². The second kappa shape index (κ2) is 5.31. The van der Waals surface area contributed by atoms with Crippen LogP contribution in [0.3, 0.4) is 0 Å². The molecule has 1 fully saturated rings. The second-order valence-corrected chi connectivity index (χ2v) is 5.59. The number of aromatic nitrogens is 2. The van der Waals surface area contributed by atoms with Gasteiger partial charge in [-0.05, 0) is 25.7 Å². The fourth-order valence-corrected chi connectivity index (χ4v) is 2.89. The highest BCUT2D eigenvalue weighted by Gasteiger charge is 2.26. The molecule has 5 heteroatoms. The number of nitrogens with zero attached hydrogens (tertiary/aromatic N) is 2. The van der Waals surface area contributed by atoms with Crippen molar-refractivity contribution in [2.45, 2.75) is 45.6 Å². The lowest BCUT2D eigenvalue weighted by Crippen LogP contribution is -2.41. The van der Waals surface area contributed by atoms with Gasteiger partial charge in [-0.15, -0.1) is 0 Å². The van der Waals surface area contributed by atoms with Gasteiger partial charge in [0, 0.05) is 13.1 Å². The summed E-state index contributed by atoms with van der Waals surface area (Å²) in [4.78, 5) is 12.3. The molecule has 18 heavy (non-hydrogen) atoms. The highest BCUT2D eigenvalue weighted by Crippen LogP contribution is 2.25. The van der Waals surface area contributed by atoms with Crippen molar-refractivity contribution in [1.29, 1.82) is 0 Å². The summed E-state index contributed by atoms with van der Waals surface area (Å²) >= 11 is 6.12. The molecule has 0 aromatic carbocycles. The van der Waals surface area contributed by atoms with E-state index in [1.54, 1.807) is 11.7 Å². The lowest BCUT2D eigenvalue weighted by atomic mass is 9.86. The highest BCUT2D eigenvalue weighted by atomic mass is 35.5. The molecule has 0 unspecified atom stereocenters. The molecule has 100 valence electrons. The van der Waals surface area contributed by atoms with Gasteiger partial charge in [0.2, 0.25) is 0 Å². The second-order valence-electron chi connectivity index (χ2n) is 5.21. The van der Waals surface area contributed by atoms with Crippen LogP contribution in [0.1, 0.15) is 48.8 Å². The van der Waals surface area contributed by atoms with Crippen molar-refractivity contribution in [2.24, 2.45) is 13.0 Å². The molecule has 1 aliphatic carbocycles. The molecule has 4 nitrogen and oxygen atoms in total. The first-order valence-electron chi connectivity index (χ1n) is 6.50. The number of aryl methyl sites for hydroxylation is 2. The van der Waals surface area contributed by atoms with E-state index in [9.17, 15) is 4.79 Å². The van der Waals surface area contributed by atoms with E-state index in [-0.39, 0.29) is 11.9 Å². The van der Waals surface area contributed by atoms with E-state index < -0.39 is 0 Å². The monoisotopic (exact) mass is 269 g/mol. The molecule has 2 atom stereocenters. The number of amides is 1. The van der Waals surface area contributed by atoms with Crippen molar-refractivity contribution in [1.82, 2.24) is 15.1 Å². The van der Waals surface area contributed by atoms with Crippen LogP contribution >= 0.6 is 11.6 Å². The highest BCUT2D eigenvalue weighted by molar-refractivity contribution is 6.34. The summed E-state index contributed by atoms with van der Waals surface area (Å²) in [5.41, 5.74) is 1.16. The molecule has 0 radical (unpaired) electrons. The molecule has 1 aromatic rings. The maximum absolute atomic E-state index is 12.3. The van der Waals surface area contributed by atoms with Crippen LogP contribution in [0.4, 0.5) is 0 Å². The van der Waals surface area contributed by atoms with Gasteiger partial charge in [-0.3, -0.25) is 9.48 Å². The molecule has 0 spiro atoms. The zero-order chi connectivity index (χ0) is 13.3. The summed E-state index contributed by atoms with van der Waals surface area (Å²) < 4.78 is 1.56. The van der Waals surface area contributed by atoms with Gasteiger partial charge in [-0.2, -0.15) is 5.10 Å². The Balaban J connectivity index is 2.12. The molecule has 2 rings (SSSR count). The van der Waals surface area contributed by atoms with Crippen molar-refractivity contribution in [3.8, 4) is 0 Å². The van der Waals surface area contributed by atoms with Gasteiger partial charge in [-0.25, -0.2) is 0 Å². The van der Waals surface area contributed by atoms with Gasteiger partial charge in [0.05, 0.1) is 10.7 Å². The predicted molar refractivity (Wildman–Crippen MR) is 71.8 cm³/mol. The molecule has 1 saturated carbocycles. The molecule has 0 bridgehead atoms. The molecule has 1 aromatic heterocycles. The van der Waals surface area contributed by atoms with Crippen LogP contribution in [0, 0.1) is 12.8 Å². The molecule has 1 N–H and O–H groups in total. The first-order chi connectivity index (χ1) is 8.50. The van der Waals surface area contributed by atoms with Crippen LogP contribution in [0.25, 0.3) is 0 Å². The number of hydrogen-bond donors (Lipinski definition) is 1. The van der Waals surface area contributed by atoms with Gasteiger partial charge >= 0.3 is 0 Å². The maximum Gasteiger partial charge on any atom is 0.271 e. The Morgan fingerprint density at radius 1 is 1.44 bits per heavy atom.